The topological polar surface area (TPSA) is 86.2 Å². The fourth-order valence-electron chi connectivity index (χ4n) is 4.57. The number of ether oxygens (including phenoxy) is 1. The van der Waals surface area contributed by atoms with Crippen molar-refractivity contribution in [2.75, 3.05) is 32.7 Å². The van der Waals surface area contributed by atoms with Gasteiger partial charge >= 0.3 is 6.36 Å². The van der Waals surface area contributed by atoms with Crippen LogP contribution < -0.4 is 4.74 Å². The molecule has 2 aliphatic rings. The van der Waals surface area contributed by atoms with E-state index in [2.05, 4.69) is 21.2 Å². The molecule has 1 N–H and O–H groups in total. The van der Waals surface area contributed by atoms with Crippen molar-refractivity contribution in [3.63, 3.8) is 0 Å². The first kappa shape index (κ1) is 27.9. The first-order chi connectivity index (χ1) is 18.5. The maximum atomic E-state index is 13.0. The number of rotatable bonds is 7. The van der Waals surface area contributed by atoms with Gasteiger partial charge in [0.05, 0.1) is 5.57 Å². The van der Waals surface area contributed by atoms with Crippen molar-refractivity contribution in [2.24, 2.45) is 0 Å². The number of piperazine rings is 1. The number of pyridine rings is 1. The average molecular weight is 543 g/mol. The molecule has 1 aromatic heterocycles. The third-order valence-corrected chi connectivity index (χ3v) is 6.53. The molecule has 206 valence electrons. The number of likely N-dealkylation sites (tertiary alicyclic amines) is 1. The highest BCUT2D eigenvalue weighted by molar-refractivity contribution is 6.02. The third kappa shape index (κ3) is 7.26. The van der Waals surface area contributed by atoms with E-state index in [-0.39, 0.29) is 36.1 Å². The lowest BCUT2D eigenvalue weighted by Crippen LogP contribution is -2.48. The predicted octanol–water partition coefficient (Wildman–Crippen LogP) is 3.98. The van der Waals surface area contributed by atoms with E-state index in [0.717, 1.165) is 12.1 Å². The Balaban J connectivity index is 1.36. The molecule has 2 amide bonds. The summed E-state index contributed by atoms with van der Waals surface area (Å²) in [7, 11) is 0. The second-order valence-corrected chi connectivity index (χ2v) is 9.47. The minimum Gasteiger partial charge on any atom is -0.507 e. The molecule has 1 aromatic carbocycles. The van der Waals surface area contributed by atoms with Crippen LogP contribution in [0.1, 0.15) is 18.1 Å². The number of carbonyl (C=O) groups is 2. The lowest BCUT2D eigenvalue weighted by Gasteiger charge is -2.35. The standard InChI is InChI=1S/C28H29F3N4O4/c1-19(26(37)34-13-11-33(12-14-34)17-22-7-9-32-10-8-22)15-24(36)25-20(2)16-35(27(25)38)18-21-3-5-23(6-4-21)39-28(29,30)31/h3-10,15,36H,2,11-14,16-18H2,1H3/b19-15+,25-24-. The highest BCUT2D eigenvalue weighted by Crippen LogP contribution is 2.28. The second kappa shape index (κ2) is 11.7. The van der Waals surface area contributed by atoms with Crippen LogP contribution in [0.4, 0.5) is 13.2 Å². The van der Waals surface area contributed by atoms with E-state index in [9.17, 15) is 27.9 Å². The zero-order valence-corrected chi connectivity index (χ0v) is 21.4. The van der Waals surface area contributed by atoms with Gasteiger partial charge in [-0.15, -0.1) is 13.2 Å². The second-order valence-electron chi connectivity index (χ2n) is 9.47. The normalized spacial score (nSPS) is 18.5. The Kier molecular flexibility index (Phi) is 8.39. The van der Waals surface area contributed by atoms with Crippen LogP contribution in [0.2, 0.25) is 0 Å². The van der Waals surface area contributed by atoms with Gasteiger partial charge in [0.1, 0.15) is 11.5 Å². The minimum absolute atomic E-state index is 0.0151. The molecule has 0 spiro atoms. The summed E-state index contributed by atoms with van der Waals surface area (Å²) in [4.78, 5) is 35.4. The van der Waals surface area contributed by atoms with Crippen LogP contribution in [0.15, 0.2) is 83.9 Å². The Morgan fingerprint density at radius 3 is 2.28 bits per heavy atom. The van der Waals surface area contributed by atoms with Crippen LogP contribution in [-0.2, 0) is 22.7 Å². The van der Waals surface area contributed by atoms with Crippen LogP contribution in [0.3, 0.4) is 0 Å². The molecule has 11 heteroatoms. The van der Waals surface area contributed by atoms with Gasteiger partial charge in [0.25, 0.3) is 5.91 Å². The monoisotopic (exact) mass is 542 g/mol. The smallest absolute Gasteiger partial charge is 0.507 e. The Morgan fingerprint density at radius 1 is 1.05 bits per heavy atom. The van der Waals surface area contributed by atoms with Crippen LogP contribution in [0, 0.1) is 0 Å². The van der Waals surface area contributed by atoms with Crippen molar-refractivity contribution < 1.29 is 32.6 Å². The number of allylic oxidation sites excluding steroid dienone is 1. The summed E-state index contributed by atoms with van der Waals surface area (Å²) in [6.45, 7) is 8.99. The quantitative estimate of drug-likeness (QED) is 0.421. The minimum atomic E-state index is -4.79. The predicted molar refractivity (Wildman–Crippen MR) is 137 cm³/mol. The number of carbonyl (C=O) groups excluding carboxylic acids is 2. The number of nitrogens with zero attached hydrogens (tertiary/aromatic N) is 4. The summed E-state index contributed by atoms with van der Waals surface area (Å²) in [5.41, 5.74) is 2.43. The van der Waals surface area contributed by atoms with Crippen molar-refractivity contribution in [3.8, 4) is 5.75 Å². The third-order valence-electron chi connectivity index (χ3n) is 6.53. The number of amides is 2. The van der Waals surface area contributed by atoms with E-state index in [0.29, 0.717) is 42.9 Å². The highest BCUT2D eigenvalue weighted by atomic mass is 19.4. The Bertz CT molecular complexity index is 1280. The molecule has 2 saturated heterocycles. The summed E-state index contributed by atoms with van der Waals surface area (Å²) >= 11 is 0. The molecular formula is C28H29F3N4O4. The van der Waals surface area contributed by atoms with Gasteiger partial charge in [-0.05, 0) is 54.0 Å². The Hall–Kier alpha value is -4.12. The highest BCUT2D eigenvalue weighted by Gasteiger charge is 2.33. The van der Waals surface area contributed by atoms with Gasteiger partial charge in [-0.3, -0.25) is 19.5 Å². The van der Waals surface area contributed by atoms with E-state index < -0.39 is 12.3 Å². The molecule has 0 atom stereocenters. The number of aromatic nitrogens is 1. The van der Waals surface area contributed by atoms with Gasteiger partial charge in [0.2, 0.25) is 5.91 Å². The van der Waals surface area contributed by atoms with Gasteiger partial charge in [-0.2, -0.15) is 0 Å². The fraction of sp³-hybridized carbons (Fsp3) is 0.321. The molecular weight excluding hydrogens is 513 g/mol. The molecule has 0 saturated carbocycles. The molecule has 3 heterocycles. The van der Waals surface area contributed by atoms with E-state index >= 15 is 0 Å². The maximum Gasteiger partial charge on any atom is 0.573 e. The molecule has 2 aliphatic heterocycles. The van der Waals surface area contributed by atoms with Gasteiger partial charge in [-0.1, -0.05) is 18.7 Å². The summed E-state index contributed by atoms with van der Waals surface area (Å²) in [6, 6.07) is 9.12. The molecule has 0 aliphatic carbocycles. The van der Waals surface area contributed by atoms with E-state index in [4.69, 9.17) is 0 Å². The van der Waals surface area contributed by atoms with Gasteiger partial charge in [-0.25, -0.2) is 0 Å². The molecule has 8 nitrogen and oxygen atoms in total. The lowest BCUT2D eigenvalue weighted by atomic mass is 10.1. The van der Waals surface area contributed by atoms with Crippen molar-refractivity contribution >= 4 is 11.8 Å². The first-order valence-electron chi connectivity index (χ1n) is 12.3. The number of aliphatic hydroxyl groups is 1. The average Bonchev–Trinajstić information content (AvgIpc) is 3.17. The Labute approximate surface area is 224 Å². The SMILES string of the molecule is C=C1CN(Cc2ccc(OC(F)(F)F)cc2)C(=O)/C1=C(O)/C=C(\C)C(=O)N1CCN(Cc2ccncc2)CC1. The van der Waals surface area contributed by atoms with E-state index in [1.165, 1.54) is 35.2 Å². The lowest BCUT2D eigenvalue weighted by molar-refractivity contribution is -0.274. The molecule has 0 radical (unpaired) electrons. The molecule has 2 fully saturated rings. The number of alkyl halides is 3. The number of hydrogen-bond donors (Lipinski definition) is 1. The van der Waals surface area contributed by atoms with Gasteiger partial charge < -0.3 is 19.6 Å². The first-order valence-corrected chi connectivity index (χ1v) is 12.3. The van der Waals surface area contributed by atoms with E-state index in [1.54, 1.807) is 24.2 Å². The zero-order valence-electron chi connectivity index (χ0n) is 21.4. The number of benzene rings is 1. The molecule has 0 unspecified atom stereocenters. The van der Waals surface area contributed by atoms with Crippen LogP contribution in [0.25, 0.3) is 0 Å². The Morgan fingerprint density at radius 2 is 1.67 bits per heavy atom. The van der Waals surface area contributed by atoms with Crippen molar-refractivity contribution in [1.29, 1.82) is 0 Å². The van der Waals surface area contributed by atoms with Crippen molar-refractivity contribution in [3.05, 3.63) is 95.1 Å². The number of halogens is 3. The summed E-state index contributed by atoms with van der Waals surface area (Å²) in [5, 5.41) is 10.7. The summed E-state index contributed by atoms with van der Waals surface area (Å²) in [5.74, 6) is -1.40. The van der Waals surface area contributed by atoms with Crippen LogP contribution >= 0.6 is 0 Å². The van der Waals surface area contributed by atoms with Crippen LogP contribution in [-0.4, -0.2) is 75.7 Å². The van der Waals surface area contributed by atoms with Crippen molar-refractivity contribution in [2.45, 2.75) is 26.4 Å². The molecule has 39 heavy (non-hydrogen) atoms. The molecule has 4 rings (SSSR count). The molecule has 0 bridgehead atoms. The largest absolute Gasteiger partial charge is 0.573 e. The van der Waals surface area contributed by atoms with Gasteiger partial charge in [0, 0.05) is 63.8 Å². The number of aliphatic hydroxyl groups excluding tert-OH is 1. The molecule has 2 aromatic rings. The summed E-state index contributed by atoms with van der Waals surface area (Å²) in [6.07, 6.45) is 0.00322. The number of hydrogen-bond acceptors (Lipinski definition) is 6. The van der Waals surface area contributed by atoms with Crippen molar-refractivity contribution in [1.82, 2.24) is 19.7 Å². The zero-order chi connectivity index (χ0) is 28.2. The maximum absolute atomic E-state index is 13.0. The van der Waals surface area contributed by atoms with Crippen LogP contribution in [0.5, 0.6) is 5.75 Å². The van der Waals surface area contributed by atoms with E-state index in [1.807, 2.05) is 12.1 Å². The fourth-order valence-corrected chi connectivity index (χ4v) is 4.57. The van der Waals surface area contributed by atoms with Gasteiger partial charge in [0.15, 0.2) is 0 Å². The summed E-state index contributed by atoms with van der Waals surface area (Å²) < 4.78 is 41.0.